The lowest BCUT2D eigenvalue weighted by Gasteiger charge is -2.47. The fraction of sp³-hybridized carbons (Fsp3) is 0.455. The van der Waals surface area contributed by atoms with Crippen molar-refractivity contribution in [3.05, 3.63) is 98.3 Å². The Morgan fingerprint density at radius 1 is 0.932 bits per heavy atom. The van der Waals surface area contributed by atoms with Crippen molar-refractivity contribution in [3.8, 4) is 16.8 Å². The number of thiophene rings is 1. The van der Waals surface area contributed by atoms with Gasteiger partial charge in [-0.1, -0.05) is 11.6 Å². The zero-order valence-electron chi connectivity index (χ0n) is 33.5. The normalized spacial score (nSPS) is 21.2. The third-order valence-corrected chi connectivity index (χ3v) is 14.7. The number of ether oxygens (including phenoxy) is 1. The highest BCUT2D eigenvalue weighted by Gasteiger charge is 2.51. The summed E-state index contributed by atoms with van der Waals surface area (Å²) in [6, 6.07) is 15.3. The number of carbonyl (C=O) groups excluding carboxylic acids is 1. The van der Waals surface area contributed by atoms with Gasteiger partial charge in [-0.05, 0) is 126 Å². The fourth-order valence-corrected chi connectivity index (χ4v) is 10.7. The molecule has 4 fully saturated rings. The Morgan fingerprint density at radius 2 is 1.73 bits per heavy atom. The summed E-state index contributed by atoms with van der Waals surface area (Å²) >= 11 is 7.96. The standard InChI is InChI=1S/C44H46ClN11O2S/c1-25-26(2)59-42-39(25)40(49-44(16-17-44)43-53-50-27(3)56(42)43)36-11-7-32(22-47-36)55-23-30(24-55)28-14-18-54(19-15-28)38-13-12-37(51-52-38)41(57)48-31-5-9-33(10-6-31)58-34-8-4-29(21-46)35(45)20-34/h4,7-8,11-13,20,22,28,30-31,33H,5-6,9-10,14-19,23-24H2,1-3H3,(H,48,57). The summed E-state index contributed by atoms with van der Waals surface area (Å²) in [5, 5.41) is 31.7. The number of hydrogen-bond acceptors (Lipinski definition) is 12. The lowest BCUT2D eigenvalue weighted by Crippen LogP contribution is -2.52. The number of pyridine rings is 1. The molecule has 0 unspecified atom stereocenters. The van der Waals surface area contributed by atoms with Gasteiger partial charge in [-0.25, -0.2) is 0 Å². The van der Waals surface area contributed by atoms with E-state index in [0.29, 0.717) is 33.9 Å². The van der Waals surface area contributed by atoms with Crippen LogP contribution >= 0.6 is 22.9 Å². The molecule has 3 aliphatic heterocycles. The highest BCUT2D eigenvalue weighted by molar-refractivity contribution is 7.15. The smallest absolute Gasteiger partial charge is 0.272 e. The predicted octanol–water partition coefficient (Wildman–Crippen LogP) is 7.28. The van der Waals surface area contributed by atoms with Crippen molar-refractivity contribution in [2.45, 2.75) is 89.8 Å². The second kappa shape index (κ2) is 15.0. The number of aliphatic imine (C=N–C) groups is 1. The van der Waals surface area contributed by atoms with Crippen LogP contribution in [0.1, 0.15) is 101 Å². The van der Waals surface area contributed by atoms with E-state index in [1.54, 1.807) is 35.6 Å². The topological polar surface area (TPSA) is 150 Å². The summed E-state index contributed by atoms with van der Waals surface area (Å²) in [5.41, 5.74) is 5.91. The molecule has 4 aromatic heterocycles. The third-order valence-electron chi connectivity index (χ3n) is 13.1. The molecule has 2 aliphatic carbocycles. The van der Waals surface area contributed by atoms with Crippen molar-refractivity contribution >= 4 is 46.1 Å². The lowest BCUT2D eigenvalue weighted by atomic mass is 9.79. The number of piperidine rings is 1. The van der Waals surface area contributed by atoms with Crippen molar-refractivity contribution in [2.24, 2.45) is 16.8 Å². The molecule has 2 saturated carbocycles. The van der Waals surface area contributed by atoms with Crippen LogP contribution in [0.15, 0.2) is 53.7 Å². The molecule has 13 nitrogen and oxygen atoms in total. The van der Waals surface area contributed by atoms with Gasteiger partial charge in [0.05, 0.1) is 40.0 Å². The van der Waals surface area contributed by atoms with Crippen LogP contribution < -0.4 is 19.9 Å². The van der Waals surface area contributed by atoms with Crippen LogP contribution in [0, 0.1) is 43.9 Å². The predicted molar refractivity (Wildman–Crippen MR) is 227 cm³/mol. The molecule has 1 amide bonds. The molecule has 59 heavy (non-hydrogen) atoms. The van der Waals surface area contributed by atoms with E-state index in [1.807, 2.05) is 19.2 Å². The second-order valence-electron chi connectivity index (χ2n) is 16.8. The van der Waals surface area contributed by atoms with E-state index in [2.05, 4.69) is 72.1 Å². The molecule has 7 heterocycles. The molecule has 1 N–H and O–H groups in total. The molecule has 1 spiro atoms. The van der Waals surface area contributed by atoms with Gasteiger partial charge in [0.15, 0.2) is 17.3 Å². The monoisotopic (exact) mass is 827 g/mol. The molecule has 2 saturated heterocycles. The van der Waals surface area contributed by atoms with Crippen molar-refractivity contribution in [3.63, 3.8) is 0 Å². The number of anilines is 2. The number of amides is 1. The van der Waals surface area contributed by atoms with E-state index >= 15 is 0 Å². The highest BCUT2D eigenvalue weighted by Crippen LogP contribution is 2.53. The Kier molecular flexibility index (Phi) is 9.63. The van der Waals surface area contributed by atoms with Gasteiger partial charge in [-0.15, -0.1) is 31.7 Å². The van der Waals surface area contributed by atoms with E-state index in [9.17, 15) is 4.79 Å². The second-order valence-corrected chi connectivity index (χ2v) is 18.5. The number of carbonyl (C=O) groups is 1. The maximum atomic E-state index is 13.1. The summed E-state index contributed by atoms with van der Waals surface area (Å²) in [7, 11) is 0. The van der Waals surface area contributed by atoms with Gasteiger partial charge in [0.2, 0.25) is 0 Å². The van der Waals surface area contributed by atoms with Gasteiger partial charge < -0.3 is 19.9 Å². The van der Waals surface area contributed by atoms with Crippen LogP contribution in [-0.2, 0) is 5.54 Å². The molecule has 5 aliphatic rings. The van der Waals surface area contributed by atoms with Crippen molar-refractivity contribution in [1.82, 2.24) is 35.3 Å². The van der Waals surface area contributed by atoms with Gasteiger partial charge >= 0.3 is 0 Å². The molecule has 0 atom stereocenters. The van der Waals surface area contributed by atoms with E-state index in [1.165, 1.54) is 10.4 Å². The number of nitriles is 1. The SMILES string of the molecule is Cc1sc2c(c1C)C(c1ccc(N3CC(C4CCN(c5ccc(C(=O)NC6CCC(Oc7ccc(C#N)c(Cl)c7)CC6)nn5)CC4)C3)cn1)=NC1(CC1)c1nnc(C)n1-2. The maximum absolute atomic E-state index is 13.1. The van der Waals surface area contributed by atoms with Gasteiger partial charge in [-0.3, -0.25) is 19.3 Å². The summed E-state index contributed by atoms with van der Waals surface area (Å²) in [5.74, 6) is 4.47. The zero-order chi connectivity index (χ0) is 40.4. The maximum Gasteiger partial charge on any atom is 0.272 e. The van der Waals surface area contributed by atoms with Crippen LogP contribution in [-0.4, -0.2) is 79.9 Å². The Morgan fingerprint density at radius 3 is 2.41 bits per heavy atom. The molecule has 0 radical (unpaired) electrons. The van der Waals surface area contributed by atoms with Crippen molar-refractivity contribution in [1.29, 1.82) is 5.26 Å². The number of rotatable bonds is 8. The van der Waals surface area contributed by atoms with E-state index in [-0.39, 0.29) is 23.6 Å². The zero-order valence-corrected chi connectivity index (χ0v) is 35.1. The number of benzene rings is 1. The number of halogens is 1. The van der Waals surface area contributed by atoms with Gasteiger partial charge in [0.1, 0.15) is 28.2 Å². The fourth-order valence-electron chi connectivity index (χ4n) is 9.30. The number of aryl methyl sites for hydroxylation is 2. The first kappa shape index (κ1) is 37.9. The minimum atomic E-state index is -0.312. The molecular formula is C44H46ClN11O2S. The van der Waals surface area contributed by atoms with E-state index < -0.39 is 0 Å². The van der Waals surface area contributed by atoms with Crippen molar-refractivity contribution in [2.75, 3.05) is 36.0 Å². The Bertz CT molecular complexity index is 2480. The minimum absolute atomic E-state index is 0.0389. The van der Waals surface area contributed by atoms with Crippen LogP contribution in [0.4, 0.5) is 11.5 Å². The van der Waals surface area contributed by atoms with Crippen LogP contribution in [0.25, 0.3) is 5.00 Å². The van der Waals surface area contributed by atoms with Crippen LogP contribution in [0.2, 0.25) is 5.02 Å². The third kappa shape index (κ3) is 7.01. The lowest BCUT2D eigenvalue weighted by molar-refractivity contribution is 0.0888. The average Bonchev–Trinajstić information content (AvgIpc) is 3.85. The van der Waals surface area contributed by atoms with Gasteiger partial charge in [0, 0.05) is 48.7 Å². The molecule has 15 heteroatoms. The summed E-state index contributed by atoms with van der Waals surface area (Å²) in [4.78, 5) is 29.5. The summed E-state index contributed by atoms with van der Waals surface area (Å²) in [6.45, 7) is 10.3. The highest BCUT2D eigenvalue weighted by atomic mass is 35.5. The first-order valence-electron chi connectivity index (χ1n) is 20.8. The summed E-state index contributed by atoms with van der Waals surface area (Å²) < 4.78 is 8.34. The Balaban J connectivity index is 0.696. The number of nitrogens with one attached hydrogen (secondary N) is 1. The molecular weight excluding hydrogens is 782 g/mol. The molecule has 302 valence electrons. The Labute approximate surface area is 352 Å². The van der Waals surface area contributed by atoms with Crippen LogP contribution in [0.3, 0.4) is 0 Å². The number of aromatic nitrogens is 6. The number of hydrogen-bond donors (Lipinski definition) is 1. The first-order chi connectivity index (χ1) is 28.7. The molecule has 10 rings (SSSR count). The Hall–Kier alpha value is -5.39. The largest absolute Gasteiger partial charge is 0.490 e. The molecule has 5 aromatic rings. The molecule has 1 aromatic carbocycles. The number of fused-ring (bicyclic) bond motifs is 4. The summed E-state index contributed by atoms with van der Waals surface area (Å²) in [6.07, 6.45) is 9.49. The van der Waals surface area contributed by atoms with Gasteiger partial charge in [-0.2, -0.15) is 5.26 Å². The average molecular weight is 828 g/mol. The molecule has 0 bridgehead atoms. The first-order valence-corrected chi connectivity index (χ1v) is 22.0. The number of nitrogens with zero attached hydrogens (tertiary/aromatic N) is 10. The minimum Gasteiger partial charge on any atom is -0.490 e. The van der Waals surface area contributed by atoms with E-state index in [0.717, 1.165) is 123 Å². The van der Waals surface area contributed by atoms with Crippen molar-refractivity contribution < 1.29 is 9.53 Å². The van der Waals surface area contributed by atoms with Crippen LogP contribution in [0.5, 0.6) is 5.75 Å². The van der Waals surface area contributed by atoms with Gasteiger partial charge in [0.25, 0.3) is 5.91 Å². The quantitative estimate of drug-likeness (QED) is 0.169. The van der Waals surface area contributed by atoms with E-state index in [4.69, 9.17) is 31.6 Å².